The van der Waals surface area contributed by atoms with Gasteiger partial charge in [0, 0.05) is 24.3 Å². The highest BCUT2D eigenvalue weighted by Gasteiger charge is 2.26. The van der Waals surface area contributed by atoms with E-state index in [4.69, 9.17) is 14.2 Å². The number of rotatable bonds is 9. The van der Waals surface area contributed by atoms with Crippen LogP contribution in [0, 0.1) is 0 Å². The van der Waals surface area contributed by atoms with Gasteiger partial charge in [0.05, 0.1) is 36.5 Å². The molecule has 0 aromatic heterocycles. The Morgan fingerprint density at radius 1 is 0.872 bits per heavy atom. The zero-order valence-electron chi connectivity index (χ0n) is 21.1. The molecule has 4 rings (SSSR count). The Morgan fingerprint density at radius 2 is 1.51 bits per heavy atom. The fourth-order valence-electron chi connectivity index (χ4n) is 3.76. The average Bonchev–Trinajstić information content (AvgIpc) is 2.97. The molecular formula is C27H27N3O8S. The lowest BCUT2D eigenvalue weighted by molar-refractivity contribution is -0.119. The van der Waals surface area contributed by atoms with Gasteiger partial charge in [0.25, 0.3) is 11.8 Å². The Hall–Kier alpha value is -4.26. The number of ether oxygens (including phenoxy) is 3. The van der Waals surface area contributed by atoms with Crippen LogP contribution in [0.2, 0.25) is 0 Å². The number of anilines is 2. The molecule has 11 nitrogen and oxygen atoms in total. The second kappa shape index (κ2) is 12.5. The van der Waals surface area contributed by atoms with E-state index < -0.39 is 28.5 Å². The predicted octanol–water partition coefficient (Wildman–Crippen LogP) is 2.76. The summed E-state index contributed by atoms with van der Waals surface area (Å²) in [5, 5.41) is 5.35. The first kappa shape index (κ1) is 27.8. The summed E-state index contributed by atoms with van der Waals surface area (Å²) in [5.41, 5.74) is 1.40. The summed E-state index contributed by atoms with van der Waals surface area (Å²) in [4.78, 5) is 37.2. The third-order valence-corrected chi connectivity index (χ3v) is 7.73. The Balaban J connectivity index is 1.27. The number of carbonyl (C=O) groups excluding carboxylic acids is 3. The van der Waals surface area contributed by atoms with Gasteiger partial charge in [-0.15, -0.1) is 0 Å². The van der Waals surface area contributed by atoms with Crippen LogP contribution in [0.5, 0.6) is 5.75 Å². The molecule has 0 saturated carbocycles. The highest BCUT2D eigenvalue weighted by atomic mass is 32.2. The number of hydrogen-bond donors (Lipinski definition) is 2. The van der Waals surface area contributed by atoms with Crippen molar-refractivity contribution in [3.63, 3.8) is 0 Å². The summed E-state index contributed by atoms with van der Waals surface area (Å²) in [5.74, 6) is -1.18. The molecule has 3 aromatic carbocycles. The van der Waals surface area contributed by atoms with Gasteiger partial charge < -0.3 is 24.8 Å². The predicted molar refractivity (Wildman–Crippen MR) is 142 cm³/mol. The molecular weight excluding hydrogens is 526 g/mol. The third kappa shape index (κ3) is 6.99. The Labute approximate surface area is 225 Å². The Kier molecular flexibility index (Phi) is 8.92. The van der Waals surface area contributed by atoms with Crippen molar-refractivity contribution in [2.75, 3.05) is 50.7 Å². The molecule has 2 N–H and O–H groups in total. The van der Waals surface area contributed by atoms with Crippen LogP contribution in [-0.2, 0) is 24.3 Å². The van der Waals surface area contributed by atoms with Gasteiger partial charge in [-0.2, -0.15) is 4.31 Å². The van der Waals surface area contributed by atoms with Crippen LogP contribution in [0.4, 0.5) is 11.4 Å². The normalized spacial score (nSPS) is 13.8. The van der Waals surface area contributed by atoms with Gasteiger partial charge in [0.2, 0.25) is 10.0 Å². The van der Waals surface area contributed by atoms with Crippen molar-refractivity contribution in [2.24, 2.45) is 0 Å². The summed E-state index contributed by atoms with van der Waals surface area (Å²) in [6.45, 7) is 0.632. The van der Waals surface area contributed by atoms with E-state index >= 15 is 0 Å². The number of nitrogens with zero attached hydrogens (tertiary/aromatic N) is 1. The van der Waals surface area contributed by atoms with Crippen molar-refractivity contribution < 1.29 is 37.0 Å². The fourth-order valence-corrected chi connectivity index (χ4v) is 5.17. The average molecular weight is 554 g/mol. The molecule has 1 saturated heterocycles. The van der Waals surface area contributed by atoms with Gasteiger partial charge in [-0.25, -0.2) is 13.2 Å². The number of esters is 1. The van der Waals surface area contributed by atoms with Crippen molar-refractivity contribution in [2.45, 2.75) is 4.90 Å². The molecule has 12 heteroatoms. The van der Waals surface area contributed by atoms with Crippen molar-refractivity contribution in [3.8, 4) is 5.75 Å². The molecule has 0 unspecified atom stereocenters. The molecule has 3 aromatic rings. The molecule has 0 bridgehead atoms. The van der Waals surface area contributed by atoms with Crippen LogP contribution in [0.15, 0.2) is 77.7 Å². The molecule has 0 atom stereocenters. The first-order valence-corrected chi connectivity index (χ1v) is 13.4. The minimum absolute atomic E-state index is 0.0544. The summed E-state index contributed by atoms with van der Waals surface area (Å²) in [6, 6.07) is 18.5. The SMILES string of the molecule is COc1ccccc1NC(=O)c1ccc(NC(=O)COC(=O)c2ccc(S(=O)(=O)N3CCOCC3)cc2)cc1. The fraction of sp³-hybridized carbons (Fsp3) is 0.222. The quantitative estimate of drug-likeness (QED) is 0.386. The summed E-state index contributed by atoms with van der Waals surface area (Å²) in [6.07, 6.45) is 0. The van der Waals surface area contributed by atoms with E-state index in [9.17, 15) is 22.8 Å². The second-order valence-corrected chi connectivity index (χ2v) is 10.3. The van der Waals surface area contributed by atoms with E-state index in [-0.39, 0.29) is 29.5 Å². The lowest BCUT2D eigenvalue weighted by atomic mass is 10.2. The van der Waals surface area contributed by atoms with Crippen molar-refractivity contribution in [1.29, 1.82) is 0 Å². The number of nitrogens with one attached hydrogen (secondary N) is 2. The Morgan fingerprint density at radius 3 is 2.18 bits per heavy atom. The zero-order valence-corrected chi connectivity index (χ0v) is 21.9. The minimum Gasteiger partial charge on any atom is -0.495 e. The zero-order chi connectivity index (χ0) is 27.8. The topological polar surface area (TPSA) is 140 Å². The molecule has 0 aliphatic carbocycles. The number of carbonyl (C=O) groups is 3. The van der Waals surface area contributed by atoms with E-state index in [1.54, 1.807) is 48.5 Å². The van der Waals surface area contributed by atoms with E-state index in [2.05, 4.69) is 10.6 Å². The lowest BCUT2D eigenvalue weighted by Crippen LogP contribution is -2.40. The van der Waals surface area contributed by atoms with Gasteiger partial charge >= 0.3 is 5.97 Å². The number of sulfonamides is 1. The van der Waals surface area contributed by atoms with Gasteiger partial charge in [-0.1, -0.05) is 12.1 Å². The van der Waals surface area contributed by atoms with Gasteiger partial charge in [-0.3, -0.25) is 9.59 Å². The van der Waals surface area contributed by atoms with Crippen molar-refractivity contribution in [3.05, 3.63) is 83.9 Å². The molecule has 1 aliphatic rings. The first-order valence-electron chi connectivity index (χ1n) is 12.0. The number of para-hydroxylation sites is 2. The molecule has 2 amide bonds. The van der Waals surface area contributed by atoms with Crippen LogP contribution in [-0.4, -0.2) is 70.5 Å². The van der Waals surface area contributed by atoms with Gasteiger partial charge in [0.1, 0.15) is 5.75 Å². The maximum atomic E-state index is 12.7. The molecule has 1 aliphatic heterocycles. The Bertz CT molecular complexity index is 1430. The number of amides is 2. The maximum Gasteiger partial charge on any atom is 0.338 e. The summed E-state index contributed by atoms with van der Waals surface area (Å²) in [7, 11) is -2.18. The standard InChI is InChI=1S/C27H27N3O8S/c1-36-24-5-3-2-4-23(24)29-26(32)19-6-10-21(11-7-19)28-25(31)18-38-27(33)20-8-12-22(13-9-20)39(34,35)30-14-16-37-17-15-30/h2-13H,14-18H2,1H3,(H,28,31)(H,29,32). The van der Waals surface area contributed by atoms with E-state index in [1.807, 2.05) is 0 Å². The van der Waals surface area contributed by atoms with E-state index in [0.717, 1.165) is 0 Å². The first-order chi connectivity index (χ1) is 18.8. The third-order valence-electron chi connectivity index (χ3n) is 5.82. The molecule has 204 valence electrons. The monoisotopic (exact) mass is 553 g/mol. The highest BCUT2D eigenvalue weighted by Crippen LogP contribution is 2.24. The number of methoxy groups -OCH3 is 1. The van der Waals surface area contributed by atoms with Crippen LogP contribution in [0.25, 0.3) is 0 Å². The van der Waals surface area contributed by atoms with Crippen LogP contribution in [0.3, 0.4) is 0 Å². The molecule has 1 fully saturated rings. The second-order valence-electron chi connectivity index (χ2n) is 8.40. The summed E-state index contributed by atoms with van der Waals surface area (Å²) >= 11 is 0. The van der Waals surface area contributed by atoms with E-state index in [0.29, 0.717) is 35.9 Å². The van der Waals surface area contributed by atoms with Crippen molar-refractivity contribution in [1.82, 2.24) is 4.31 Å². The highest BCUT2D eigenvalue weighted by molar-refractivity contribution is 7.89. The summed E-state index contributed by atoms with van der Waals surface area (Å²) < 4.78 is 42.2. The van der Waals surface area contributed by atoms with Crippen LogP contribution in [0.1, 0.15) is 20.7 Å². The number of morpholine rings is 1. The van der Waals surface area contributed by atoms with Crippen molar-refractivity contribution >= 4 is 39.2 Å². The van der Waals surface area contributed by atoms with Crippen LogP contribution >= 0.6 is 0 Å². The maximum absolute atomic E-state index is 12.7. The molecule has 0 spiro atoms. The van der Waals surface area contributed by atoms with Crippen LogP contribution < -0.4 is 15.4 Å². The molecule has 39 heavy (non-hydrogen) atoms. The van der Waals surface area contributed by atoms with E-state index in [1.165, 1.54) is 35.7 Å². The number of hydrogen-bond acceptors (Lipinski definition) is 8. The number of benzene rings is 3. The largest absolute Gasteiger partial charge is 0.495 e. The van der Waals surface area contributed by atoms with Gasteiger partial charge in [0.15, 0.2) is 6.61 Å². The lowest BCUT2D eigenvalue weighted by Gasteiger charge is -2.26. The van der Waals surface area contributed by atoms with Gasteiger partial charge in [-0.05, 0) is 60.7 Å². The molecule has 1 heterocycles. The minimum atomic E-state index is -3.69. The molecule has 0 radical (unpaired) electrons. The smallest absolute Gasteiger partial charge is 0.338 e.